The standard InChI is InChI=1S/C23H17ClN2O5/c1-31-16-7-4-13(5-8-16)21(28)19-20(14-3-2-10-25-12-14)26(23(30)22(19)29)17-11-15(24)6-9-18(17)27/h2-12,20,27-28H,1H3/b21-19+. The number of amides is 1. The third-order valence-electron chi connectivity index (χ3n) is 5.01. The van der Waals surface area contributed by atoms with E-state index in [1.54, 1.807) is 42.6 Å². The van der Waals surface area contributed by atoms with Gasteiger partial charge in [-0.25, -0.2) is 0 Å². The smallest absolute Gasteiger partial charge is 0.300 e. The number of phenols is 1. The van der Waals surface area contributed by atoms with E-state index >= 15 is 0 Å². The van der Waals surface area contributed by atoms with Gasteiger partial charge in [-0.05, 0) is 54.1 Å². The van der Waals surface area contributed by atoms with Crippen LogP contribution < -0.4 is 9.64 Å². The SMILES string of the molecule is COc1ccc(/C(O)=C2\C(=O)C(=O)N(c3cc(Cl)ccc3O)C2c2cccnc2)cc1. The van der Waals surface area contributed by atoms with Crippen molar-refractivity contribution in [3.05, 3.63) is 88.7 Å². The van der Waals surface area contributed by atoms with E-state index in [4.69, 9.17) is 16.3 Å². The molecule has 1 aliphatic heterocycles. The molecule has 1 aromatic heterocycles. The summed E-state index contributed by atoms with van der Waals surface area (Å²) in [5.74, 6) is -1.80. The van der Waals surface area contributed by atoms with Gasteiger partial charge in [0.15, 0.2) is 0 Å². The zero-order valence-electron chi connectivity index (χ0n) is 16.3. The Hall–Kier alpha value is -3.84. The van der Waals surface area contributed by atoms with E-state index in [0.29, 0.717) is 16.9 Å². The lowest BCUT2D eigenvalue weighted by Gasteiger charge is -2.25. The maximum Gasteiger partial charge on any atom is 0.300 e. The second-order valence-electron chi connectivity index (χ2n) is 6.82. The summed E-state index contributed by atoms with van der Waals surface area (Å²) in [5.41, 5.74) is 0.749. The van der Waals surface area contributed by atoms with Crippen LogP contribution in [0.1, 0.15) is 17.2 Å². The molecule has 4 rings (SSSR count). The molecule has 0 saturated carbocycles. The predicted octanol–water partition coefficient (Wildman–Crippen LogP) is 4.08. The molecular weight excluding hydrogens is 420 g/mol. The number of aromatic nitrogens is 1. The monoisotopic (exact) mass is 436 g/mol. The van der Waals surface area contributed by atoms with E-state index in [2.05, 4.69) is 4.98 Å². The zero-order valence-corrected chi connectivity index (χ0v) is 17.1. The van der Waals surface area contributed by atoms with Gasteiger partial charge in [0.25, 0.3) is 11.7 Å². The third-order valence-corrected chi connectivity index (χ3v) is 5.24. The fraction of sp³-hybridized carbons (Fsp3) is 0.0870. The molecule has 31 heavy (non-hydrogen) atoms. The normalized spacial score (nSPS) is 17.7. The van der Waals surface area contributed by atoms with Crippen LogP contribution in [-0.2, 0) is 9.59 Å². The van der Waals surface area contributed by atoms with Gasteiger partial charge in [0.05, 0.1) is 24.4 Å². The van der Waals surface area contributed by atoms with E-state index in [-0.39, 0.29) is 27.8 Å². The second kappa shape index (κ2) is 8.12. The van der Waals surface area contributed by atoms with E-state index < -0.39 is 17.7 Å². The topological polar surface area (TPSA) is 100.0 Å². The zero-order chi connectivity index (χ0) is 22.1. The van der Waals surface area contributed by atoms with Crippen LogP contribution in [0, 0.1) is 0 Å². The van der Waals surface area contributed by atoms with Gasteiger partial charge in [-0.2, -0.15) is 0 Å². The molecular formula is C23H17ClN2O5. The van der Waals surface area contributed by atoms with Gasteiger partial charge in [-0.15, -0.1) is 0 Å². The lowest BCUT2D eigenvalue weighted by Crippen LogP contribution is -2.29. The number of ketones is 1. The molecule has 1 saturated heterocycles. The van der Waals surface area contributed by atoms with Crippen LogP contribution in [0.3, 0.4) is 0 Å². The largest absolute Gasteiger partial charge is 0.507 e. The Labute approximate surface area is 182 Å². The van der Waals surface area contributed by atoms with Gasteiger partial charge >= 0.3 is 0 Å². The van der Waals surface area contributed by atoms with E-state index in [9.17, 15) is 19.8 Å². The first-order valence-corrected chi connectivity index (χ1v) is 9.64. The Balaban J connectivity index is 1.94. The Morgan fingerprint density at radius 2 is 1.87 bits per heavy atom. The van der Waals surface area contributed by atoms with Crippen molar-refractivity contribution in [2.24, 2.45) is 0 Å². The van der Waals surface area contributed by atoms with Crippen molar-refractivity contribution in [3.8, 4) is 11.5 Å². The molecule has 1 aliphatic rings. The third kappa shape index (κ3) is 3.60. The molecule has 2 N–H and O–H groups in total. The van der Waals surface area contributed by atoms with Crippen molar-refractivity contribution in [3.63, 3.8) is 0 Å². The molecule has 1 unspecified atom stereocenters. The van der Waals surface area contributed by atoms with Gasteiger partial charge in [-0.1, -0.05) is 17.7 Å². The Bertz CT molecular complexity index is 1190. The molecule has 0 spiro atoms. The maximum absolute atomic E-state index is 13.0. The number of aliphatic hydroxyl groups excluding tert-OH is 1. The highest BCUT2D eigenvalue weighted by molar-refractivity contribution is 6.52. The van der Waals surface area contributed by atoms with E-state index in [1.807, 2.05) is 0 Å². The number of pyridine rings is 1. The van der Waals surface area contributed by atoms with Crippen LogP contribution in [0.2, 0.25) is 5.02 Å². The molecule has 7 nitrogen and oxygen atoms in total. The molecule has 3 aromatic rings. The summed E-state index contributed by atoms with van der Waals surface area (Å²) in [4.78, 5) is 31.3. The number of hydrogen-bond donors (Lipinski definition) is 2. The Kier molecular flexibility index (Phi) is 5.35. The number of aromatic hydroxyl groups is 1. The summed E-state index contributed by atoms with van der Waals surface area (Å²) < 4.78 is 5.13. The first kappa shape index (κ1) is 20.4. The van der Waals surface area contributed by atoms with Gasteiger partial charge in [0.1, 0.15) is 17.3 Å². The number of Topliss-reactive ketones (excluding diaryl/α,β-unsaturated/α-hetero) is 1. The van der Waals surface area contributed by atoms with Gasteiger partial charge < -0.3 is 14.9 Å². The number of ether oxygens (including phenoxy) is 1. The fourth-order valence-corrected chi connectivity index (χ4v) is 3.69. The lowest BCUT2D eigenvalue weighted by atomic mass is 9.96. The average Bonchev–Trinajstić information content (AvgIpc) is 3.06. The highest BCUT2D eigenvalue weighted by Crippen LogP contribution is 2.45. The number of carbonyl (C=O) groups excluding carboxylic acids is 2. The molecule has 8 heteroatoms. The van der Waals surface area contributed by atoms with Crippen molar-refractivity contribution < 1.29 is 24.5 Å². The summed E-state index contributed by atoms with van der Waals surface area (Å²) in [5, 5.41) is 21.7. The fourth-order valence-electron chi connectivity index (χ4n) is 3.53. The summed E-state index contributed by atoms with van der Waals surface area (Å²) in [6.07, 6.45) is 3.04. The summed E-state index contributed by atoms with van der Waals surface area (Å²) >= 11 is 6.08. The van der Waals surface area contributed by atoms with Crippen molar-refractivity contribution in [2.45, 2.75) is 6.04 Å². The van der Waals surface area contributed by atoms with Crippen molar-refractivity contribution >= 4 is 34.7 Å². The van der Waals surface area contributed by atoms with Crippen LogP contribution in [0.5, 0.6) is 11.5 Å². The minimum atomic E-state index is -1.01. The predicted molar refractivity (Wildman–Crippen MR) is 115 cm³/mol. The number of benzene rings is 2. The Morgan fingerprint density at radius 3 is 2.52 bits per heavy atom. The van der Waals surface area contributed by atoms with E-state index in [1.165, 1.54) is 31.5 Å². The number of methoxy groups -OCH3 is 1. The molecule has 2 aromatic carbocycles. The molecule has 0 aliphatic carbocycles. The highest BCUT2D eigenvalue weighted by atomic mass is 35.5. The molecule has 0 bridgehead atoms. The molecule has 1 amide bonds. The summed E-state index contributed by atoms with van der Waals surface area (Å²) in [6, 6.07) is 12.9. The summed E-state index contributed by atoms with van der Waals surface area (Å²) in [6.45, 7) is 0. The van der Waals surface area contributed by atoms with Crippen LogP contribution in [0.15, 0.2) is 72.6 Å². The molecule has 1 atom stereocenters. The van der Waals surface area contributed by atoms with Gasteiger partial charge in [0.2, 0.25) is 0 Å². The van der Waals surface area contributed by atoms with Gasteiger partial charge in [0, 0.05) is 23.0 Å². The first-order chi connectivity index (χ1) is 14.9. The minimum absolute atomic E-state index is 0.0530. The van der Waals surface area contributed by atoms with Crippen molar-refractivity contribution in [1.82, 2.24) is 4.98 Å². The van der Waals surface area contributed by atoms with Crippen molar-refractivity contribution in [1.29, 1.82) is 0 Å². The maximum atomic E-state index is 13.0. The van der Waals surface area contributed by atoms with Crippen molar-refractivity contribution in [2.75, 3.05) is 12.0 Å². The van der Waals surface area contributed by atoms with Gasteiger partial charge in [-0.3, -0.25) is 19.5 Å². The van der Waals surface area contributed by atoms with Crippen LogP contribution in [0.4, 0.5) is 5.69 Å². The van der Waals surface area contributed by atoms with E-state index in [0.717, 1.165) is 4.90 Å². The number of nitrogens with zero attached hydrogens (tertiary/aromatic N) is 2. The quantitative estimate of drug-likeness (QED) is 0.363. The number of carbonyl (C=O) groups is 2. The second-order valence-corrected chi connectivity index (χ2v) is 7.25. The number of aliphatic hydroxyl groups is 1. The number of halogens is 1. The van der Waals surface area contributed by atoms with Crippen LogP contribution >= 0.6 is 11.6 Å². The first-order valence-electron chi connectivity index (χ1n) is 9.26. The number of rotatable bonds is 4. The molecule has 156 valence electrons. The Morgan fingerprint density at radius 1 is 1.13 bits per heavy atom. The minimum Gasteiger partial charge on any atom is -0.507 e. The average molecular weight is 437 g/mol. The molecule has 2 heterocycles. The van der Waals surface area contributed by atoms with Crippen LogP contribution in [0.25, 0.3) is 5.76 Å². The summed E-state index contributed by atoms with van der Waals surface area (Å²) in [7, 11) is 1.51. The van der Waals surface area contributed by atoms with Crippen LogP contribution in [-0.4, -0.2) is 34.0 Å². The number of anilines is 1. The lowest BCUT2D eigenvalue weighted by molar-refractivity contribution is -0.132. The molecule has 0 radical (unpaired) electrons. The number of hydrogen-bond acceptors (Lipinski definition) is 6. The number of phenolic OH excluding ortho intramolecular Hbond substituents is 1. The molecule has 1 fully saturated rings. The highest BCUT2D eigenvalue weighted by Gasteiger charge is 2.47.